The fourth-order valence-corrected chi connectivity index (χ4v) is 8.94. The highest BCUT2D eigenvalue weighted by molar-refractivity contribution is 7.23. The standard InChI is InChI=1S/C35H34F2N8O2S/c1-4-29(46)45-11-8-28(19(45)2)43(3)33-24-12-20(15-38)23(22-6-7-26(37)31-30(22)25(16-39)32(40)48-31)13-27(24)41-34(42-33)47-18-35-9-5-10-44(35)17-21(36)14-35/h4,6-7,12-13,19,21,28H,1,5,8-11,14,17-18,40H2,2-3H3/t19-,21-,28-,35+/m1/s1. The number of alkyl halides is 1. The lowest BCUT2D eigenvalue weighted by Gasteiger charge is -2.33. The number of hydrogen-bond acceptors (Lipinski definition) is 10. The second-order valence-electron chi connectivity index (χ2n) is 12.9. The van der Waals surface area contributed by atoms with E-state index in [4.69, 9.17) is 20.4 Å². The van der Waals surface area contributed by atoms with Gasteiger partial charge in [-0.15, -0.1) is 11.3 Å². The Kier molecular flexibility index (Phi) is 7.93. The zero-order chi connectivity index (χ0) is 33.9. The minimum Gasteiger partial charge on any atom is -0.461 e. The number of benzene rings is 2. The van der Waals surface area contributed by atoms with Gasteiger partial charge >= 0.3 is 6.01 Å². The molecule has 1 amide bonds. The van der Waals surface area contributed by atoms with Crippen LogP contribution in [-0.4, -0.2) is 82.8 Å². The SMILES string of the molecule is C=CC(=O)N1CC[C@@H](N(C)c2nc(OC[C@@]34CCCN3C[C@H](F)C4)nc3cc(-c4ccc(F)c5sc(N)c(C#N)c45)c(C#N)cc23)[C@H]1C. The van der Waals surface area contributed by atoms with E-state index in [0.717, 1.165) is 30.7 Å². The summed E-state index contributed by atoms with van der Waals surface area (Å²) in [5, 5.41) is 21.4. The Morgan fingerprint density at radius 1 is 1.27 bits per heavy atom. The third kappa shape index (κ3) is 5.00. The number of fused-ring (bicyclic) bond motifs is 3. The monoisotopic (exact) mass is 668 g/mol. The molecule has 2 aromatic carbocycles. The number of carbonyl (C=O) groups excluding carboxylic acids is 1. The first-order chi connectivity index (χ1) is 23.1. The molecule has 48 heavy (non-hydrogen) atoms. The van der Waals surface area contributed by atoms with Crippen LogP contribution in [0.1, 0.15) is 43.7 Å². The van der Waals surface area contributed by atoms with Gasteiger partial charge in [0.2, 0.25) is 5.91 Å². The Labute approximate surface area is 280 Å². The molecule has 2 aromatic heterocycles. The number of nitriles is 2. The highest BCUT2D eigenvalue weighted by Gasteiger charge is 2.49. The number of nitrogen functional groups attached to an aromatic ring is 1. The van der Waals surface area contributed by atoms with Crippen LogP contribution in [-0.2, 0) is 4.79 Å². The fourth-order valence-electron chi connectivity index (χ4n) is 7.99. The first-order valence-corrected chi connectivity index (χ1v) is 16.8. The van der Waals surface area contributed by atoms with Gasteiger partial charge in [-0.1, -0.05) is 12.6 Å². The topological polar surface area (TPSA) is 135 Å². The van der Waals surface area contributed by atoms with Gasteiger partial charge in [-0.25, -0.2) is 8.78 Å². The number of thiophene rings is 1. The Hall–Kier alpha value is -4.85. The molecule has 7 rings (SSSR count). The van der Waals surface area contributed by atoms with Gasteiger partial charge in [0.15, 0.2) is 0 Å². The highest BCUT2D eigenvalue weighted by Crippen LogP contribution is 2.44. The second kappa shape index (κ2) is 12.0. The Bertz CT molecular complexity index is 2070. The van der Waals surface area contributed by atoms with Gasteiger partial charge in [-0.3, -0.25) is 9.69 Å². The van der Waals surface area contributed by atoms with Crippen LogP contribution in [0.15, 0.2) is 36.9 Å². The number of ether oxygens (including phenoxy) is 1. The summed E-state index contributed by atoms with van der Waals surface area (Å²) in [6, 6.07) is 10.5. The molecular weight excluding hydrogens is 635 g/mol. The molecule has 13 heteroatoms. The first-order valence-electron chi connectivity index (χ1n) is 15.9. The summed E-state index contributed by atoms with van der Waals surface area (Å²) < 4.78 is 36.0. The van der Waals surface area contributed by atoms with Crippen LogP contribution in [0.4, 0.5) is 19.6 Å². The van der Waals surface area contributed by atoms with Gasteiger partial charge in [-0.05, 0) is 62.6 Å². The number of amides is 1. The van der Waals surface area contributed by atoms with E-state index in [1.807, 2.05) is 18.9 Å². The number of likely N-dealkylation sites (tertiary alicyclic amines) is 1. The molecule has 0 unspecified atom stereocenters. The number of likely N-dealkylation sites (N-methyl/N-ethyl adjacent to an activating group) is 1. The van der Waals surface area contributed by atoms with E-state index in [1.165, 1.54) is 12.1 Å². The van der Waals surface area contributed by atoms with Gasteiger partial charge < -0.3 is 20.3 Å². The smallest absolute Gasteiger partial charge is 0.319 e. The minimum atomic E-state index is -0.915. The van der Waals surface area contributed by atoms with Crippen molar-refractivity contribution in [2.75, 3.05) is 43.9 Å². The van der Waals surface area contributed by atoms with Crippen molar-refractivity contribution in [1.29, 1.82) is 10.5 Å². The molecule has 0 saturated carbocycles. The van der Waals surface area contributed by atoms with Gasteiger partial charge in [0.25, 0.3) is 0 Å². The zero-order valence-corrected chi connectivity index (χ0v) is 27.5. The first kappa shape index (κ1) is 31.7. The quantitative estimate of drug-likeness (QED) is 0.252. The summed E-state index contributed by atoms with van der Waals surface area (Å²) >= 11 is 0.989. The van der Waals surface area contributed by atoms with Gasteiger partial charge in [0, 0.05) is 48.9 Å². The largest absolute Gasteiger partial charge is 0.461 e. The molecule has 10 nitrogen and oxygen atoms in total. The van der Waals surface area contributed by atoms with E-state index >= 15 is 0 Å². The van der Waals surface area contributed by atoms with Crippen LogP contribution in [0.5, 0.6) is 6.01 Å². The van der Waals surface area contributed by atoms with Crippen LogP contribution < -0.4 is 15.4 Å². The third-order valence-corrected chi connectivity index (χ3v) is 11.4. The van der Waals surface area contributed by atoms with Crippen LogP contribution in [0.3, 0.4) is 0 Å². The predicted molar refractivity (Wildman–Crippen MR) is 181 cm³/mol. The van der Waals surface area contributed by atoms with Crippen molar-refractivity contribution in [3.8, 4) is 29.3 Å². The second-order valence-corrected chi connectivity index (χ2v) is 14.0. The molecule has 5 heterocycles. The number of aromatic nitrogens is 2. The van der Waals surface area contributed by atoms with Crippen molar-refractivity contribution in [2.24, 2.45) is 0 Å². The lowest BCUT2D eigenvalue weighted by atomic mass is 9.94. The number of halogens is 2. The summed E-state index contributed by atoms with van der Waals surface area (Å²) in [5.74, 6) is -0.142. The van der Waals surface area contributed by atoms with E-state index in [9.17, 15) is 24.1 Å². The maximum Gasteiger partial charge on any atom is 0.319 e. The van der Waals surface area contributed by atoms with E-state index in [2.05, 4.69) is 23.6 Å². The van der Waals surface area contributed by atoms with E-state index < -0.39 is 17.5 Å². The van der Waals surface area contributed by atoms with Gasteiger partial charge in [0.1, 0.15) is 35.5 Å². The lowest BCUT2D eigenvalue weighted by molar-refractivity contribution is -0.126. The Balaban J connectivity index is 1.38. The summed E-state index contributed by atoms with van der Waals surface area (Å²) in [6.45, 7) is 7.61. The fraction of sp³-hybridized carbons (Fsp3) is 0.400. The molecule has 3 fully saturated rings. The zero-order valence-electron chi connectivity index (χ0n) is 26.7. The number of rotatable bonds is 7. The predicted octanol–water partition coefficient (Wildman–Crippen LogP) is 5.54. The van der Waals surface area contributed by atoms with Crippen molar-refractivity contribution >= 4 is 49.1 Å². The lowest BCUT2D eigenvalue weighted by Crippen LogP contribution is -2.44. The van der Waals surface area contributed by atoms with E-state index in [-0.39, 0.29) is 51.4 Å². The number of carbonyl (C=O) groups is 1. The normalized spacial score (nSPS) is 23.7. The summed E-state index contributed by atoms with van der Waals surface area (Å²) in [4.78, 5) is 28.2. The van der Waals surface area contributed by atoms with Crippen LogP contribution in [0, 0.1) is 28.5 Å². The summed E-state index contributed by atoms with van der Waals surface area (Å²) in [7, 11) is 1.90. The molecule has 4 atom stereocenters. The molecule has 0 bridgehead atoms. The average molecular weight is 669 g/mol. The highest BCUT2D eigenvalue weighted by atomic mass is 32.1. The Morgan fingerprint density at radius 2 is 2.08 bits per heavy atom. The van der Waals surface area contributed by atoms with E-state index in [0.29, 0.717) is 59.2 Å². The van der Waals surface area contributed by atoms with Gasteiger partial charge in [0.05, 0.1) is 39.0 Å². The number of anilines is 2. The average Bonchev–Trinajstić information content (AvgIpc) is 3.82. The molecule has 3 aliphatic heterocycles. The maximum atomic E-state index is 14.9. The van der Waals surface area contributed by atoms with Crippen LogP contribution in [0.2, 0.25) is 0 Å². The number of nitrogens with zero attached hydrogens (tertiary/aromatic N) is 7. The molecule has 0 spiro atoms. The Morgan fingerprint density at radius 3 is 2.83 bits per heavy atom. The molecule has 0 radical (unpaired) electrons. The van der Waals surface area contributed by atoms with Gasteiger partial charge in [-0.2, -0.15) is 20.5 Å². The number of hydrogen-bond donors (Lipinski definition) is 1. The summed E-state index contributed by atoms with van der Waals surface area (Å²) in [5.41, 5.74) is 7.53. The molecule has 2 N–H and O–H groups in total. The van der Waals surface area contributed by atoms with Crippen molar-refractivity contribution in [1.82, 2.24) is 19.8 Å². The number of nitrogens with two attached hydrogens (primary N) is 1. The van der Waals surface area contributed by atoms with Crippen molar-refractivity contribution in [2.45, 2.75) is 56.4 Å². The van der Waals surface area contributed by atoms with Crippen LogP contribution >= 0.6 is 11.3 Å². The van der Waals surface area contributed by atoms with Crippen molar-refractivity contribution in [3.63, 3.8) is 0 Å². The molecule has 3 aliphatic rings. The van der Waals surface area contributed by atoms with Crippen molar-refractivity contribution in [3.05, 3.63) is 53.9 Å². The summed E-state index contributed by atoms with van der Waals surface area (Å²) in [6.07, 6.45) is 3.26. The maximum absolute atomic E-state index is 14.9. The third-order valence-electron chi connectivity index (χ3n) is 10.4. The molecule has 4 aromatic rings. The van der Waals surface area contributed by atoms with Crippen LogP contribution in [0.25, 0.3) is 32.1 Å². The molecule has 3 saturated heterocycles. The minimum absolute atomic E-state index is 0.106. The van der Waals surface area contributed by atoms with E-state index in [1.54, 1.807) is 23.1 Å². The molecule has 0 aliphatic carbocycles. The molecule has 246 valence electrons. The van der Waals surface area contributed by atoms with Crippen molar-refractivity contribution < 1.29 is 18.3 Å². The molecular formula is C35H34F2N8O2S.